The number of aryl methyl sites for hydroxylation is 2. The molecule has 3 heterocycles. The fourth-order valence-corrected chi connectivity index (χ4v) is 5.26. The number of carbonyl (C=O) groups excluding carboxylic acids is 2. The Bertz CT molecular complexity index is 1430. The molecule has 0 fully saturated rings. The van der Waals surface area contributed by atoms with E-state index in [2.05, 4.69) is 22.2 Å². The lowest BCUT2D eigenvalue weighted by atomic mass is 10.0. The summed E-state index contributed by atoms with van der Waals surface area (Å²) in [4.78, 5) is 47.8. The summed E-state index contributed by atoms with van der Waals surface area (Å²) in [7, 11) is 0. The molecule has 0 radical (unpaired) electrons. The zero-order chi connectivity index (χ0) is 25.1. The quantitative estimate of drug-likeness (QED) is 0.338. The van der Waals surface area contributed by atoms with Gasteiger partial charge >= 0.3 is 5.97 Å². The first kappa shape index (κ1) is 24.7. The molecule has 4 rings (SSSR count). The van der Waals surface area contributed by atoms with Crippen molar-refractivity contribution in [2.24, 2.45) is 5.92 Å². The maximum atomic E-state index is 13.2. The molecule has 0 unspecified atom stereocenters. The Morgan fingerprint density at radius 3 is 2.63 bits per heavy atom. The number of benzene rings is 1. The normalized spacial score (nSPS) is 11.2. The zero-order valence-electron chi connectivity index (χ0n) is 20.0. The highest BCUT2D eigenvalue weighted by Crippen LogP contribution is 2.31. The number of nitrogens with one attached hydrogen (secondary N) is 1. The van der Waals surface area contributed by atoms with E-state index < -0.39 is 11.9 Å². The van der Waals surface area contributed by atoms with E-state index in [1.165, 1.54) is 27.8 Å². The first-order chi connectivity index (χ1) is 16.8. The largest absolute Gasteiger partial charge is 0.461 e. The monoisotopic (exact) mass is 510 g/mol. The third kappa shape index (κ3) is 5.49. The number of anilines is 1. The highest BCUT2D eigenvalue weighted by atomic mass is 32.1. The molecule has 0 aliphatic heterocycles. The van der Waals surface area contributed by atoms with Gasteiger partial charge in [0.25, 0.3) is 5.56 Å². The number of nitrogens with zero attached hydrogens (tertiary/aromatic N) is 3. The van der Waals surface area contributed by atoms with E-state index in [9.17, 15) is 14.4 Å². The number of ether oxygens (including phenoxy) is 1. The Morgan fingerprint density at radius 2 is 1.94 bits per heavy atom. The summed E-state index contributed by atoms with van der Waals surface area (Å²) in [6.07, 6.45) is 2.32. The summed E-state index contributed by atoms with van der Waals surface area (Å²) >= 11 is 2.45. The molecule has 8 nitrogen and oxygen atoms in total. The van der Waals surface area contributed by atoms with Crippen LogP contribution in [0.2, 0.25) is 0 Å². The maximum Gasteiger partial charge on any atom is 0.350 e. The van der Waals surface area contributed by atoms with Gasteiger partial charge in [0, 0.05) is 10.9 Å². The van der Waals surface area contributed by atoms with Crippen LogP contribution in [0.25, 0.3) is 21.3 Å². The second-order valence-corrected chi connectivity index (χ2v) is 10.4. The lowest BCUT2D eigenvalue weighted by molar-refractivity contribution is -0.116. The maximum absolute atomic E-state index is 13.2. The summed E-state index contributed by atoms with van der Waals surface area (Å²) in [5.74, 6) is -0.680. The Balaban J connectivity index is 1.52. The Morgan fingerprint density at radius 1 is 1.20 bits per heavy atom. The minimum Gasteiger partial charge on any atom is -0.461 e. The standard InChI is InChI=1S/C25H26N4O4S2/c1-5-16-6-8-17(9-7-16)18-12-34-22-20(18)23(31)29(13-26-22)10-19(30)28-25-27-15(4)21(35-25)24(32)33-11-14(2)3/h6-9,12-14H,5,10-11H2,1-4H3,(H,27,28,30). The van der Waals surface area contributed by atoms with Crippen LogP contribution >= 0.6 is 22.7 Å². The molecule has 3 aromatic heterocycles. The van der Waals surface area contributed by atoms with Gasteiger partial charge in [0.15, 0.2) is 5.13 Å². The van der Waals surface area contributed by atoms with E-state index in [-0.39, 0.29) is 23.2 Å². The Kier molecular flexibility index (Phi) is 7.42. The van der Waals surface area contributed by atoms with Crippen molar-refractivity contribution in [2.75, 3.05) is 11.9 Å². The average Bonchev–Trinajstić information content (AvgIpc) is 3.43. The number of hydrogen-bond donors (Lipinski definition) is 1. The van der Waals surface area contributed by atoms with Crippen LogP contribution in [-0.4, -0.2) is 33.0 Å². The van der Waals surface area contributed by atoms with E-state index in [0.717, 1.165) is 28.9 Å². The Hall–Kier alpha value is -3.37. The molecule has 0 saturated carbocycles. The van der Waals surface area contributed by atoms with E-state index in [4.69, 9.17) is 4.74 Å². The average molecular weight is 511 g/mol. The van der Waals surface area contributed by atoms with Crippen molar-refractivity contribution >= 4 is 49.9 Å². The van der Waals surface area contributed by atoms with Gasteiger partial charge in [0.2, 0.25) is 5.91 Å². The van der Waals surface area contributed by atoms with Crippen molar-refractivity contribution in [3.8, 4) is 11.1 Å². The van der Waals surface area contributed by atoms with Crippen molar-refractivity contribution in [3.63, 3.8) is 0 Å². The van der Waals surface area contributed by atoms with Crippen molar-refractivity contribution in [1.29, 1.82) is 0 Å². The van der Waals surface area contributed by atoms with Crippen LogP contribution in [0.15, 0.2) is 40.8 Å². The van der Waals surface area contributed by atoms with Crippen LogP contribution in [-0.2, 0) is 22.5 Å². The third-order valence-corrected chi connectivity index (χ3v) is 7.26. The second-order valence-electron chi connectivity index (χ2n) is 8.53. The molecule has 1 N–H and O–H groups in total. The highest BCUT2D eigenvalue weighted by Gasteiger charge is 2.19. The predicted octanol–water partition coefficient (Wildman–Crippen LogP) is 4.90. The SMILES string of the molecule is CCc1ccc(-c2csc3ncn(CC(=O)Nc4nc(C)c(C(=O)OCC(C)C)s4)c(=O)c23)cc1. The first-order valence-electron chi connectivity index (χ1n) is 11.3. The lowest BCUT2D eigenvalue weighted by Gasteiger charge is -2.06. The predicted molar refractivity (Wildman–Crippen MR) is 139 cm³/mol. The van der Waals surface area contributed by atoms with Crippen LogP contribution in [0, 0.1) is 12.8 Å². The third-order valence-electron chi connectivity index (χ3n) is 5.32. The van der Waals surface area contributed by atoms with Crippen molar-refractivity contribution < 1.29 is 14.3 Å². The fraction of sp³-hybridized carbons (Fsp3) is 0.320. The van der Waals surface area contributed by atoms with E-state index in [1.807, 2.05) is 43.5 Å². The number of aromatic nitrogens is 3. The molecule has 0 aliphatic carbocycles. The highest BCUT2D eigenvalue weighted by molar-refractivity contribution is 7.17. The van der Waals surface area contributed by atoms with Crippen LogP contribution in [0.1, 0.15) is 41.7 Å². The molecule has 0 spiro atoms. The topological polar surface area (TPSA) is 103 Å². The van der Waals surface area contributed by atoms with Crippen LogP contribution < -0.4 is 10.9 Å². The molecule has 1 aromatic carbocycles. The summed E-state index contributed by atoms with van der Waals surface area (Å²) in [6, 6.07) is 8.09. The van der Waals surface area contributed by atoms with Crippen LogP contribution in [0.5, 0.6) is 0 Å². The number of esters is 1. The summed E-state index contributed by atoms with van der Waals surface area (Å²) in [5.41, 5.74) is 3.16. The van der Waals surface area contributed by atoms with E-state index in [0.29, 0.717) is 27.4 Å². The van der Waals surface area contributed by atoms with Gasteiger partial charge < -0.3 is 10.1 Å². The minimum absolute atomic E-state index is 0.218. The molecule has 10 heteroatoms. The van der Waals surface area contributed by atoms with Crippen molar-refractivity contribution in [1.82, 2.24) is 14.5 Å². The molecule has 4 aromatic rings. The van der Waals surface area contributed by atoms with Crippen LogP contribution in [0.3, 0.4) is 0 Å². The molecular weight excluding hydrogens is 484 g/mol. The van der Waals surface area contributed by atoms with Gasteiger partial charge in [-0.2, -0.15) is 0 Å². The summed E-state index contributed by atoms with van der Waals surface area (Å²) < 4.78 is 6.54. The number of fused-ring (bicyclic) bond motifs is 1. The van der Waals surface area contributed by atoms with Gasteiger partial charge in [0.05, 0.1) is 24.0 Å². The van der Waals surface area contributed by atoms with Crippen molar-refractivity contribution in [3.05, 3.63) is 62.5 Å². The van der Waals surface area contributed by atoms with Gasteiger partial charge in [0.1, 0.15) is 16.3 Å². The molecule has 0 aliphatic rings. The zero-order valence-corrected chi connectivity index (χ0v) is 21.6. The molecule has 182 valence electrons. The van der Waals surface area contributed by atoms with Crippen molar-refractivity contribution in [2.45, 2.75) is 40.7 Å². The van der Waals surface area contributed by atoms with Gasteiger partial charge in [-0.3, -0.25) is 14.2 Å². The summed E-state index contributed by atoms with van der Waals surface area (Å²) in [6.45, 7) is 7.77. The number of thiazole rings is 1. The van der Waals surface area contributed by atoms with Gasteiger partial charge in [-0.25, -0.2) is 14.8 Å². The second kappa shape index (κ2) is 10.5. The smallest absolute Gasteiger partial charge is 0.350 e. The van der Waals surface area contributed by atoms with Gasteiger partial charge in [-0.15, -0.1) is 11.3 Å². The van der Waals surface area contributed by atoms with Gasteiger partial charge in [-0.1, -0.05) is 56.4 Å². The molecule has 1 amide bonds. The molecule has 0 saturated heterocycles. The van der Waals surface area contributed by atoms with E-state index in [1.54, 1.807) is 6.92 Å². The minimum atomic E-state index is -0.461. The Labute approximate surface area is 210 Å². The van der Waals surface area contributed by atoms with Gasteiger partial charge in [-0.05, 0) is 30.4 Å². The van der Waals surface area contributed by atoms with Crippen LogP contribution in [0.4, 0.5) is 5.13 Å². The lowest BCUT2D eigenvalue weighted by Crippen LogP contribution is -2.27. The molecule has 0 bridgehead atoms. The fourth-order valence-electron chi connectivity index (χ4n) is 3.47. The number of carbonyl (C=O) groups is 2. The molecular formula is C25H26N4O4S2. The van der Waals surface area contributed by atoms with E-state index >= 15 is 0 Å². The number of thiophene rings is 1. The first-order valence-corrected chi connectivity index (χ1v) is 13.0. The number of amides is 1. The number of rotatable bonds is 8. The number of hydrogen-bond acceptors (Lipinski definition) is 8. The molecule has 0 atom stereocenters. The summed E-state index contributed by atoms with van der Waals surface area (Å²) in [5, 5.41) is 5.37. The molecule has 35 heavy (non-hydrogen) atoms.